The smallest absolute Gasteiger partial charge is 0.280 e. The summed E-state index contributed by atoms with van der Waals surface area (Å²) in [5, 5.41) is 0. The van der Waals surface area contributed by atoms with Gasteiger partial charge in [0.1, 0.15) is 0 Å². The summed E-state index contributed by atoms with van der Waals surface area (Å²) in [6.07, 6.45) is 0. The van der Waals surface area contributed by atoms with Crippen LogP contribution in [0, 0.1) is 6.92 Å². The van der Waals surface area contributed by atoms with Gasteiger partial charge in [-0.1, -0.05) is 17.7 Å². The summed E-state index contributed by atoms with van der Waals surface area (Å²) in [6.45, 7) is 4.42. The van der Waals surface area contributed by atoms with Crippen LogP contribution in [0.4, 0.5) is 0 Å². The van der Waals surface area contributed by atoms with Crippen LogP contribution in [-0.2, 0) is 4.74 Å². The van der Waals surface area contributed by atoms with Crippen molar-refractivity contribution in [2.24, 2.45) is 21.5 Å². The average Bonchev–Trinajstić information content (AvgIpc) is 2.48. The number of aliphatic imine (C=N–C) groups is 2. The summed E-state index contributed by atoms with van der Waals surface area (Å²) in [5.74, 6) is -0.341. The number of hydrogen-bond acceptors (Lipinski definition) is 2. The highest BCUT2D eigenvalue weighted by atomic mass is 16.5. The molecule has 1 amide bonds. The third-order valence-electron chi connectivity index (χ3n) is 3.08. The highest BCUT2D eigenvalue weighted by molar-refractivity contribution is 6.04. The van der Waals surface area contributed by atoms with Crippen molar-refractivity contribution in [2.45, 2.75) is 6.92 Å². The quantitative estimate of drug-likeness (QED) is 0.563. The van der Waals surface area contributed by atoms with Crippen LogP contribution in [0.3, 0.4) is 0 Å². The number of guanidine groups is 2. The lowest BCUT2D eigenvalue weighted by atomic mass is 10.1. The molecule has 7 heteroatoms. The molecule has 1 heterocycles. The van der Waals surface area contributed by atoms with Crippen LogP contribution >= 0.6 is 0 Å². The summed E-state index contributed by atoms with van der Waals surface area (Å²) < 4.78 is 5.22. The molecule has 4 N–H and O–H groups in total. The number of rotatable bonds is 1. The van der Waals surface area contributed by atoms with Gasteiger partial charge in [0, 0.05) is 18.7 Å². The minimum absolute atomic E-state index is 0.149. The van der Waals surface area contributed by atoms with E-state index < -0.39 is 5.91 Å². The number of ether oxygens (including phenoxy) is 1. The van der Waals surface area contributed by atoms with Crippen molar-refractivity contribution in [3.8, 4) is 0 Å². The second kappa shape index (κ2) is 6.85. The Bertz CT molecular complexity index is 559. The number of amides is 1. The maximum absolute atomic E-state index is 11.9. The van der Waals surface area contributed by atoms with E-state index in [-0.39, 0.29) is 11.9 Å². The average molecular weight is 289 g/mol. The molecule has 1 aliphatic rings. The van der Waals surface area contributed by atoms with Crippen molar-refractivity contribution in [3.63, 3.8) is 0 Å². The van der Waals surface area contributed by atoms with E-state index in [2.05, 4.69) is 9.98 Å². The number of nitrogens with zero attached hydrogens (tertiary/aromatic N) is 3. The third kappa shape index (κ3) is 4.28. The monoisotopic (exact) mass is 289 g/mol. The largest absolute Gasteiger partial charge is 0.378 e. The number of carbonyl (C=O) groups is 1. The van der Waals surface area contributed by atoms with Gasteiger partial charge in [0.05, 0.1) is 13.2 Å². The highest BCUT2D eigenvalue weighted by Crippen LogP contribution is 2.04. The van der Waals surface area contributed by atoms with E-state index in [4.69, 9.17) is 16.2 Å². The molecule has 1 saturated heterocycles. The molecule has 1 aromatic rings. The molecule has 21 heavy (non-hydrogen) atoms. The number of hydrogen-bond donors (Lipinski definition) is 2. The molecule has 0 radical (unpaired) electrons. The van der Waals surface area contributed by atoms with E-state index >= 15 is 0 Å². The second-order valence-electron chi connectivity index (χ2n) is 4.71. The van der Waals surface area contributed by atoms with Gasteiger partial charge in [0.2, 0.25) is 5.96 Å². The minimum Gasteiger partial charge on any atom is -0.378 e. The van der Waals surface area contributed by atoms with Gasteiger partial charge in [0.15, 0.2) is 5.96 Å². The van der Waals surface area contributed by atoms with Gasteiger partial charge in [-0.2, -0.15) is 9.98 Å². The van der Waals surface area contributed by atoms with E-state index in [9.17, 15) is 4.79 Å². The lowest BCUT2D eigenvalue weighted by Gasteiger charge is -2.27. The molecule has 0 aromatic heterocycles. The summed E-state index contributed by atoms with van der Waals surface area (Å²) >= 11 is 0. The van der Waals surface area contributed by atoms with Crippen LogP contribution in [0.25, 0.3) is 0 Å². The number of aryl methyl sites for hydroxylation is 1. The maximum atomic E-state index is 11.9. The van der Waals surface area contributed by atoms with Crippen molar-refractivity contribution in [3.05, 3.63) is 35.4 Å². The molecule has 0 atom stereocenters. The SMILES string of the molecule is Cc1ccc(C(=O)N=C(N)N=C(N)N2CCOCC2)cc1. The van der Waals surface area contributed by atoms with E-state index in [1.165, 1.54) is 0 Å². The standard InChI is InChI=1S/C14H19N5O2/c1-10-2-4-11(5-3-10)12(20)17-13(15)18-14(16)19-6-8-21-9-7-19/h2-5H,6-9H2,1H3,(H4,15,16,17,18,20). The lowest BCUT2D eigenvalue weighted by molar-refractivity contribution is 0.0676. The summed E-state index contributed by atoms with van der Waals surface area (Å²) in [7, 11) is 0. The van der Waals surface area contributed by atoms with Gasteiger partial charge < -0.3 is 21.1 Å². The molecule has 2 rings (SSSR count). The fourth-order valence-electron chi connectivity index (χ4n) is 1.87. The molecule has 0 saturated carbocycles. The van der Waals surface area contributed by atoms with Crippen LogP contribution in [0.5, 0.6) is 0 Å². The summed E-state index contributed by atoms with van der Waals surface area (Å²) in [5.41, 5.74) is 13.0. The van der Waals surface area contributed by atoms with Crippen LogP contribution in [-0.4, -0.2) is 49.0 Å². The number of nitrogens with two attached hydrogens (primary N) is 2. The van der Waals surface area contributed by atoms with Crippen LogP contribution in [0.2, 0.25) is 0 Å². The van der Waals surface area contributed by atoms with Gasteiger partial charge >= 0.3 is 0 Å². The van der Waals surface area contributed by atoms with Crippen molar-refractivity contribution in [1.82, 2.24) is 4.90 Å². The predicted molar refractivity (Wildman–Crippen MR) is 81.1 cm³/mol. The Morgan fingerprint density at radius 2 is 1.76 bits per heavy atom. The fraction of sp³-hybridized carbons (Fsp3) is 0.357. The summed E-state index contributed by atoms with van der Waals surface area (Å²) in [6, 6.07) is 7.07. The normalized spacial score (nSPS) is 16.9. The van der Waals surface area contributed by atoms with Gasteiger partial charge in [-0.3, -0.25) is 4.79 Å². The Labute approximate surface area is 123 Å². The minimum atomic E-state index is -0.439. The molecule has 0 bridgehead atoms. The first-order chi connectivity index (χ1) is 10.1. The Morgan fingerprint density at radius 3 is 2.38 bits per heavy atom. The van der Waals surface area contributed by atoms with E-state index in [0.29, 0.717) is 31.9 Å². The zero-order valence-corrected chi connectivity index (χ0v) is 12.0. The zero-order valence-electron chi connectivity index (χ0n) is 12.0. The Morgan fingerprint density at radius 1 is 1.14 bits per heavy atom. The molecular weight excluding hydrogens is 270 g/mol. The van der Waals surface area contributed by atoms with Gasteiger partial charge in [-0.15, -0.1) is 0 Å². The highest BCUT2D eigenvalue weighted by Gasteiger charge is 2.13. The molecule has 1 aromatic carbocycles. The van der Waals surface area contributed by atoms with Gasteiger partial charge in [0.25, 0.3) is 5.91 Å². The predicted octanol–water partition coefficient (Wildman–Crippen LogP) is 0.0968. The Balaban J connectivity index is 2.05. The van der Waals surface area contributed by atoms with Crippen LogP contribution < -0.4 is 11.5 Å². The lowest BCUT2D eigenvalue weighted by Crippen LogP contribution is -2.45. The maximum Gasteiger partial charge on any atom is 0.280 e. The van der Waals surface area contributed by atoms with Crippen LogP contribution in [0.15, 0.2) is 34.3 Å². The molecule has 0 aliphatic carbocycles. The Kier molecular flexibility index (Phi) is 4.89. The van der Waals surface area contributed by atoms with Gasteiger partial charge in [-0.05, 0) is 19.1 Å². The first kappa shape index (κ1) is 15.0. The van der Waals surface area contributed by atoms with Crippen LogP contribution in [0.1, 0.15) is 15.9 Å². The van der Waals surface area contributed by atoms with Gasteiger partial charge in [-0.25, -0.2) is 0 Å². The summed E-state index contributed by atoms with van der Waals surface area (Å²) in [4.78, 5) is 21.4. The van der Waals surface area contributed by atoms with E-state index in [1.807, 2.05) is 24.0 Å². The molecule has 112 valence electrons. The fourth-order valence-corrected chi connectivity index (χ4v) is 1.87. The topological polar surface area (TPSA) is 106 Å². The molecular formula is C14H19N5O2. The molecule has 0 unspecified atom stereocenters. The Hall–Kier alpha value is -2.41. The van der Waals surface area contributed by atoms with Crippen molar-refractivity contribution in [1.29, 1.82) is 0 Å². The second-order valence-corrected chi connectivity index (χ2v) is 4.71. The van der Waals surface area contributed by atoms with E-state index in [0.717, 1.165) is 5.56 Å². The van der Waals surface area contributed by atoms with Crippen molar-refractivity contribution >= 4 is 17.8 Å². The molecule has 0 spiro atoms. The first-order valence-corrected chi connectivity index (χ1v) is 6.68. The first-order valence-electron chi connectivity index (χ1n) is 6.68. The molecule has 1 aliphatic heterocycles. The zero-order chi connectivity index (χ0) is 15.2. The van der Waals surface area contributed by atoms with Crippen molar-refractivity contribution in [2.75, 3.05) is 26.3 Å². The number of carbonyl (C=O) groups excluding carboxylic acids is 1. The molecule has 1 fully saturated rings. The molecule has 7 nitrogen and oxygen atoms in total. The van der Waals surface area contributed by atoms with E-state index in [1.54, 1.807) is 12.1 Å². The van der Waals surface area contributed by atoms with Crippen molar-refractivity contribution < 1.29 is 9.53 Å². The number of morpholine rings is 1. The number of benzene rings is 1. The third-order valence-corrected chi connectivity index (χ3v) is 3.08.